The number of carbonyl (C=O) groups excluding carboxylic acids is 2. The van der Waals surface area contributed by atoms with Crippen LogP contribution in [0, 0.1) is 0 Å². The van der Waals surface area contributed by atoms with E-state index in [1.807, 2.05) is 40.3 Å². The molecule has 0 saturated carbocycles. The molecular formula is C25H28N4O3. The third-order valence-electron chi connectivity index (χ3n) is 6.88. The van der Waals surface area contributed by atoms with Gasteiger partial charge in [-0.05, 0) is 48.6 Å². The normalized spacial score (nSPS) is 21.7. The summed E-state index contributed by atoms with van der Waals surface area (Å²) in [6.07, 6.45) is 7.88. The summed E-state index contributed by atoms with van der Waals surface area (Å²) < 4.78 is 5.46. The number of likely N-dealkylation sites (tertiary alicyclic amines) is 2. The molecule has 2 aliphatic heterocycles. The van der Waals surface area contributed by atoms with Gasteiger partial charge in [0, 0.05) is 62.2 Å². The summed E-state index contributed by atoms with van der Waals surface area (Å²) in [5.41, 5.74) is 3.33. The van der Waals surface area contributed by atoms with Crippen molar-refractivity contribution in [3.8, 4) is 0 Å². The maximum Gasteiger partial charge on any atom is 0.255 e. The predicted molar refractivity (Wildman–Crippen MR) is 121 cm³/mol. The molecule has 2 aromatic heterocycles. The van der Waals surface area contributed by atoms with Gasteiger partial charge in [0.1, 0.15) is 0 Å². The van der Waals surface area contributed by atoms with E-state index in [2.05, 4.69) is 22.1 Å². The Kier molecular flexibility index (Phi) is 5.66. The zero-order valence-electron chi connectivity index (χ0n) is 18.2. The summed E-state index contributed by atoms with van der Waals surface area (Å²) in [4.78, 5) is 36.8. The molecule has 0 radical (unpaired) electrons. The molecule has 2 atom stereocenters. The second kappa shape index (κ2) is 8.74. The summed E-state index contributed by atoms with van der Waals surface area (Å²) >= 11 is 0. The number of pyridine rings is 1. The molecule has 1 aromatic carbocycles. The Morgan fingerprint density at radius 2 is 1.91 bits per heavy atom. The van der Waals surface area contributed by atoms with Crippen LogP contribution in [0.1, 0.15) is 36.4 Å². The molecule has 2 fully saturated rings. The van der Waals surface area contributed by atoms with Gasteiger partial charge in [-0.1, -0.05) is 18.2 Å². The first-order valence-corrected chi connectivity index (χ1v) is 11.2. The number of fused-ring (bicyclic) bond motifs is 1. The van der Waals surface area contributed by atoms with Gasteiger partial charge in [-0.2, -0.15) is 0 Å². The number of hydrogen-bond acceptors (Lipinski definition) is 4. The average molecular weight is 433 g/mol. The van der Waals surface area contributed by atoms with Crippen LogP contribution in [-0.4, -0.2) is 63.9 Å². The SMILES string of the molecule is COC1C(=O)N(C2CCN(C(=O)CCc3c[nH]c4ccccc34)CC2)C1c1ccncc1. The average Bonchev–Trinajstić information content (AvgIpc) is 3.25. The lowest BCUT2D eigenvalue weighted by atomic mass is 9.86. The standard InChI is InChI=1S/C25H28N4O3/c1-32-24-23(17-8-12-26-13-9-17)29(25(24)31)19-10-14-28(15-11-19)22(30)7-6-18-16-27-21-5-3-2-4-20(18)21/h2-5,8-9,12-13,16,19,23-24,27H,6-7,10-11,14-15H2,1H3. The van der Waals surface area contributed by atoms with E-state index in [1.165, 1.54) is 10.9 Å². The number of piperidine rings is 1. The fourth-order valence-corrected chi connectivity index (χ4v) is 5.15. The topological polar surface area (TPSA) is 78.5 Å². The van der Waals surface area contributed by atoms with Crippen LogP contribution in [0.4, 0.5) is 0 Å². The lowest BCUT2D eigenvalue weighted by Crippen LogP contribution is -2.64. The van der Waals surface area contributed by atoms with Gasteiger partial charge < -0.3 is 19.5 Å². The Morgan fingerprint density at radius 3 is 2.66 bits per heavy atom. The first-order chi connectivity index (χ1) is 15.7. The van der Waals surface area contributed by atoms with Gasteiger partial charge in [0.25, 0.3) is 5.91 Å². The van der Waals surface area contributed by atoms with E-state index in [0.29, 0.717) is 19.5 Å². The first-order valence-electron chi connectivity index (χ1n) is 11.2. The second-order valence-corrected chi connectivity index (χ2v) is 8.60. The molecule has 32 heavy (non-hydrogen) atoms. The van der Waals surface area contributed by atoms with Crippen LogP contribution >= 0.6 is 0 Å². The van der Waals surface area contributed by atoms with E-state index in [0.717, 1.165) is 30.3 Å². The monoisotopic (exact) mass is 432 g/mol. The van der Waals surface area contributed by atoms with E-state index in [4.69, 9.17) is 4.74 Å². The van der Waals surface area contributed by atoms with E-state index in [1.54, 1.807) is 19.5 Å². The number of β-lactam (4-membered cyclic amide) rings is 1. The van der Waals surface area contributed by atoms with Crippen LogP contribution < -0.4 is 0 Å². The molecule has 2 saturated heterocycles. The Hall–Kier alpha value is -3.19. The molecule has 0 spiro atoms. The number of aryl methyl sites for hydroxylation is 1. The number of benzene rings is 1. The van der Waals surface area contributed by atoms with Gasteiger partial charge in [-0.3, -0.25) is 14.6 Å². The number of hydrogen-bond donors (Lipinski definition) is 1. The van der Waals surface area contributed by atoms with E-state index in [-0.39, 0.29) is 23.9 Å². The molecule has 2 amide bonds. The maximum atomic E-state index is 12.8. The molecule has 5 rings (SSSR count). The van der Waals surface area contributed by atoms with Crippen LogP contribution in [0.5, 0.6) is 0 Å². The van der Waals surface area contributed by atoms with Crippen molar-refractivity contribution in [1.29, 1.82) is 0 Å². The molecule has 0 bridgehead atoms. The molecule has 166 valence electrons. The Morgan fingerprint density at radius 1 is 1.16 bits per heavy atom. The number of H-pyrrole nitrogens is 1. The second-order valence-electron chi connectivity index (χ2n) is 8.60. The van der Waals surface area contributed by atoms with Crippen molar-refractivity contribution in [1.82, 2.24) is 19.8 Å². The highest BCUT2D eigenvalue weighted by molar-refractivity contribution is 5.89. The van der Waals surface area contributed by atoms with Crippen molar-refractivity contribution in [2.45, 2.75) is 43.9 Å². The van der Waals surface area contributed by atoms with E-state index < -0.39 is 6.10 Å². The number of amides is 2. The zero-order valence-corrected chi connectivity index (χ0v) is 18.2. The van der Waals surface area contributed by atoms with Crippen LogP contribution in [0.3, 0.4) is 0 Å². The zero-order chi connectivity index (χ0) is 22.1. The number of para-hydroxylation sites is 1. The Balaban J connectivity index is 1.18. The molecule has 4 heterocycles. The molecule has 0 aliphatic carbocycles. The van der Waals surface area contributed by atoms with Gasteiger partial charge in [0.15, 0.2) is 6.10 Å². The van der Waals surface area contributed by atoms with Crippen LogP contribution in [0.15, 0.2) is 55.0 Å². The number of nitrogens with one attached hydrogen (secondary N) is 1. The lowest BCUT2D eigenvalue weighted by Gasteiger charge is -2.52. The fourth-order valence-electron chi connectivity index (χ4n) is 5.15. The number of aromatic nitrogens is 2. The van der Waals surface area contributed by atoms with E-state index in [9.17, 15) is 9.59 Å². The minimum Gasteiger partial charge on any atom is -0.369 e. The summed E-state index contributed by atoms with van der Waals surface area (Å²) in [7, 11) is 1.59. The van der Waals surface area contributed by atoms with Gasteiger partial charge in [0.2, 0.25) is 5.91 Å². The minimum absolute atomic E-state index is 0.0402. The summed E-state index contributed by atoms with van der Waals surface area (Å²) in [5, 5.41) is 1.19. The number of carbonyl (C=O) groups is 2. The molecule has 7 heteroatoms. The van der Waals surface area contributed by atoms with Crippen molar-refractivity contribution in [2.24, 2.45) is 0 Å². The van der Waals surface area contributed by atoms with E-state index >= 15 is 0 Å². The predicted octanol–water partition coefficient (Wildman–Crippen LogP) is 3.09. The number of rotatable bonds is 6. The summed E-state index contributed by atoms with van der Waals surface area (Å²) in [6, 6.07) is 12.1. The van der Waals surface area contributed by atoms with Gasteiger partial charge in [-0.15, -0.1) is 0 Å². The van der Waals surface area contributed by atoms with Crippen molar-refractivity contribution in [3.05, 3.63) is 66.1 Å². The minimum atomic E-state index is -0.437. The van der Waals surface area contributed by atoms with Crippen molar-refractivity contribution in [2.75, 3.05) is 20.2 Å². The lowest BCUT2D eigenvalue weighted by molar-refractivity contribution is -0.178. The number of nitrogens with zero attached hydrogens (tertiary/aromatic N) is 3. The highest BCUT2D eigenvalue weighted by atomic mass is 16.5. The quantitative estimate of drug-likeness (QED) is 0.607. The van der Waals surface area contributed by atoms with Crippen molar-refractivity contribution >= 4 is 22.7 Å². The molecule has 3 aromatic rings. The molecule has 7 nitrogen and oxygen atoms in total. The van der Waals surface area contributed by atoms with Crippen LogP contribution in [-0.2, 0) is 20.7 Å². The van der Waals surface area contributed by atoms with Gasteiger partial charge in [-0.25, -0.2) is 0 Å². The Bertz CT molecular complexity index is 1100. The van der Waals surface area contributed by atoms with Gasteiger partial charge in [0.05, 0.1) is 6.04 Å². The number of aromatic amines is 1. The van der Waals surface area contributed by atoms with Crippen LogP contribution in [0.25, 0.3) is 10.9 Å². The van der Waals surface area contributed by atoms with Crippen molar-refractivity contribution in [3.63, 3.8) is 0 Å². The fraction of sp³-hybridized carbons (Fsp3) is 0.400. The molecular weight excluding hydrogens is 404 g/mol. The van der Waals surface area contributed by atoms with Gasteiger partial charge >= 0.3 is 0 Å². The highest BCUT2D eigenvalue weighted by Crippen LogP contribution is 2.40. The smallest absolute Gasteiger partial charge is 0.255 e. The molecule has 1 N–H and O–H groups in total. The third kappa shape index (κ3) is 3.66. The number of ether oxygens (including phenoxy) is 1. The molecule has 2 unspecified atom stereocenters. The maximum absolute atomic E-state index is 12.8. The Labute approximate surface area is 187 Å². The molecule has 2 aliphatic rings. The summed E-state index contributed by atoms with van der Waals surface area (Å²) in [5.74, 6) is 0.225. The third-order valence-corrected chi connectivity index (χ3v) is 6.88. The number of methoxy groups -OCH3 is 1. The largest absolute Gasteiger partial charge is 0.369 e. The summed E-state index contributed by atoms with van der Waals surface area (Å²) in [6.45, 7) is 1.36. The highest BCUT2D eigenvalue weighted by Gasteiger charge is 2.51. The first kappa shape index (κ1) is 20.7. The van der Waals surface area contributed by atoms with Crippen molar-refractivity contribution < 1.29 is 14.3 Å². The van der Waals surface area contributed by atoms with Crippen LogP contribution in [0.2, 0.25) is 0 Å².